The zero-order valence-corrected chi connectivity index (χ0v) is 11.1. The van der Waals surface area contributed by atoms with Crippen molar-refractivity contribution in [3.8, 4) is 0 Å². The first-order valence-corrected chi connectivity index (χ1v) is 6.19. The molecule has 5 heteroatoms. The Morgan fingerprint density at radius 1 is 1.44 bits per heavy atom. The lowest BCUT2D eigenvalue weighted by Gasteiger charge is -2.09. The molecular formula is C11H19N3OS. The van der Waals surface area contributed by atoms with Gasteiger partial charge in [-0.2, -0.15) is 0 Å². The van der Waals surface area contributed by atoms with Gasteiger partial charge in [0.25, 0.3) is 5.91 Å². The van der Waals surface area contributed by atoms with Crippen molar-refractivity contribution < 1.29 is 4.79 Å². The molecule has 0 saturated heterocycles. The summed E-state index contributed by atoms with van der Waals surface area (Å²) in [6, 6.07) is 0. The molecular weight excluding hydrogens is 222 g/mol. The summed E-state index contributed by atoms with van der Waals surface area (Å²) in [5.41, 5.74) is 0.576. The number of carbonyl (C=O) groups is 1. The molecule has 0 radical (unpaired) electrons. The van der Waals surface area contributed by atoms with Gasteiger partial charge in [0.2, 0.25) is 0 Å². The van der Waals surface area contributed by atoms with E-state index < -0.39 is 0 Å². The predicted molar refractivity (Wildman–Crippen MR) is 67.1 cm³/mol. The van der Waals surface area contributed by atoms with Crippen molar-refractivity contribution in [1.29, 1.82) is 0 Å². The minimum absolute atomic E-state index is 0.0550. The molecule has 0 unspecified atom stereocenters. The summed E-state index contributed by atoms with van der Waals surface area (Å²) in [5.74, 6) is -0.0550. The van der Waals surface area contributed by atoms with Crippen LogP contribution >= 0.6 is 11.3 Å². The SMILES string of the molecule is Cc1nc(C(=O)NCCCN(C)C)c(C)s1. The van der Waals surface area contributed by atoms with Crippen LogP contribution in [0.3, 0.4) is 0 Å². The molecule has 0 spiro atoms. The van der Waals surface area contributed by atoms with E-state index in [4.69, 9.17) is 0 Å². The fraction of sp³-hybridized carbons (Fsp3) is 0.636. The van der Waals surface area contributed by atoms with E-state index in [0.717, 1.165) is 22.9 Å². The molecule has 1 aromatic heterocycles. The molecule has 90 valence electrons. The van der Waals surface area contributed by atoms with Gasteiger partial charge in [-0.3, -0.25) is 4.79 Å². The van der Waals surface area contributed by atoms with Gasteiger partial charge in [-0.1, -0.05) is 0 Å². The predicted octanol–water partition coefficient (Wildman–Crippen LogP) is 1.44. The first-order chi connectivity index (χ1) is 7.50. The minimum atomic E-state index is -0.0550. The number of amides is 1. The molecule has 0 atom stereocenters. The standard InChI is InChI=1S/C11H19N3OS/c1-8-10(13-9(2)16-8)11(15)12-6-5-7-14(3)4/h5-7H2,1-4H3,(H,12,15). The van der Waals surface area contributed by atoms with E-state index in [1.54, 1.807) is 11.3 Å². The number of carbonyl (C=O) groups excluding carboxylic acids is 1. The van der Waals surface area contributed by atoms with Gasteiger partial charge in [0, 0.05) is 11.4 Å². The number of nitrogens with zero attached hydrogens (tertiary/aromatic N) is 2. The van der Waals surface area contributed by atoms with Crippen molar-refractivity contribution in [2.24, 2.45) is 0 Å². The van der Waals surface area contributed by atoms with E-state index >= 15 is 0 Å². The van der Waals surface area contributed by atoms with Crippen LogP contribution in [0, 0.1) is 13.8 Å². The second-order valence-corrected chi connectivity index (χ2v) is 5.46. The third-order valence-electron chi connectivity index (χ3n) is 2.19. The molecule has 0 aliphatic carbocycles. The largest absolute Gasteiger partial charge is 0.351 e. The number of rotatable bonds is 5. The number of nitrogens with one attached hydrogen (secondary N) is 1. The number of aryl methyl sites for hydroxylation is 2. The van der Waals surface area contributed by atoms with Crippen molar-refractivity contribution in [2.45, 2.75) is 20.3 Å². The van der Waals surface area contributed by atoms with Crippen molar-refractivity contribution >= 4 is 17.2 Å². The van der Waals surface area contributed by atoms with Gasteiger partial charge in [0.1, 0.15) is 5.69 Å². The highest BCUT2D eigenvalue weighted by Crippen LogP contribution is 2.15. The van der Waals surface area contributed by atoms with Gasteiger partial charge in [-0.05, 0) is 40.9 Å². The van der Waals surface area contributed by atoms with Gasteiger partial charge < -0.3 is 10.2 Å². The second-order valence-electron chi connectivity index (χ2n) is 4.05. The molecule has 0 aliphatic heterocycles. The van der Waals surface area contributed by atoms with Crippen LogP contribution in [0.1, 0.15) is 26.8 Å². The Bertz CT molecular complexity index is 360. The highest BCUT2D eigenvalue weighted by atomic mass is 32.1. The molecule has 0 aromatic carbocycles. The van der Waals surface area contributed by atoms with E-state index in [1.807, 2.05) is 27.9 Å². The van der Waals surface area contributed by atoms with Gasteiger partial charge in [0.15, 0.2) is 0 Å². The fourth-order valence-electron chi connectivity index (χ4n) is 1.42. The molecule has 0 saturated carbocycles. The Balaban J connectivity index is 2.38. The van der Waals surface area contributed by atoms with Gasteiger partial charge in [-0.15, -0.1) is 11.3 Å². The Kier molecular flexibility index (Phi) is 4.89. The monoisotopic (exact) mass is 241 g/mol. The number of hydrogen-bond acceptors (Lipinski definition) is 4. The number of aromatic nitrogens is 1. The third kappa shape index (κ3) is 3.90. The molecule has 0 aliphatic rings. The van der Waals surface area contributed by atoms with E-state index in [9.17, 15) is 4.79 Å². The van der Waals surface area contributed by atoms with Crippen molar-refractivity contribution in [1.82, 2.24) is 15.2 Å². The molecule has 0 bridgehead atoms. The Morgan fingerprint density at radius 2 is 2.12 bits per heavy atom. The van der Waals surface area contributed by atoms with E-state index in [1.165, 1.54) is 0 Å². The summed E-state index contributed by atoms with van der Waals surface area (Å²) in [7, 11) is 4.05. The zero-order valence-electron chi connectivity index (χ0n) is 10.3. The van der Waals surface area contributed by atoms with E-state index in [2.05, 4.69) is 15.2 Å². The van der Waals surface area contributed by atoms with Gasteiger partial charge >= 0.3 is 0 Å². The topological polar surface area (TPSA) is 45.2 Å². The summed E-state index contributed by atoms with van der Waals surface area (Å²) in [6.07, 6.45) is 0.959. The average molecular weight is 241 g/mol. The van der Waals surface area contributed by atoms with Crippen LogP contribution < -0.4 is 5.32 Å². The summed E-state index contributed by atoms with van der Waals surface area (Å²) >= 11 is 1.56. The van der Waals surface area contributed by atoms with Crippen LogP contribution in [0.4, 0.5) is 0 Å². The van der Waals surface area contributed by atoms with Crippen molar-refractivity contribution in [3.63, 3.8) is 0 Å². The quantitative estimate of drug-likeness (QED) is 0.793. The Morgan fingerprint density at radius 3 is 2.62 bits per heavy atom. The van der Waals surface area contributed by atoms with Crippen LogP contribution in [0.25, 0.3) is 0 Å². The average Bonchev–Trinajstić information content (AvgIpc) is 2.52. The van der Waals surface area contributed by atoms with Crippen molar-refractivity contribution in [3.05, 3.63) is 15.6 Å². The number of thiazole rings is 1. The maximum atomic E-state index is 11.7. The smallest absolute Gasteiger partial charge is 0.271 e. The summed E-state index contributed by atoms with van der Waals surface area (Å²) in [5, 5.41) is 3.83. The van der Waals surface area contributed by atoms with Crippen molar-refractivity contribution in [2.75, 3.05) is 27.2 Å². The summed E-state index contributed by atoms with van der Waals surface area (Å²) in [4.78, 5) is 19.1. The van der Waals surface area contributed by atoms with Crippen LogP contribution in [0.5, 0.6) is 0 Å². The van der Waals surface area contributed by atoms with Crippen LogP contribution in [0.2, 0.25) is 0 Å². The lowest BCUT2D eigenvalue weighted by molar-refractivity contribution is 0.0947. The Labute approximate surface area is 101 Å². The molecule has 4 nitrogen and oxygen atoms in total. The van der Waals surface area contributed by atoms with Gasteiger partial charge in [0.05, 0.1) is 5.01 Å². The maximum Gasteiger partial charge on any atom is 0.271 e. The molecule has 1 N–H and O–H groups in total. The molecule has 1 aromatic rings. The molecule has 1 amide bonds. The first-order valence-electron chi connectivity index (χ1n) is 5.37. The number of hydrogen-bond donors (Lipinski definition) is 1. The lowest BCUT2D eigenvalue weighted by Crippen LogP contribution is -2.27. The van der Waals surface area contributed by atoms with Crippen LogP contribution in [-0.2, 0) is 0 Å². The maximum absolute atomic E-state index is 11.7. The molecule has 1 rings (SSSR count). The first kappa shape index (κ1) is 13.1. The minimum Gasteiger partial charge on any atom is -0.351 e. The Hall–Kier alpha value is -0.940. The molecule has 0 fully saturated rings. The van der Waals surface area contributed by atoms with E-state index in [0.29, 0.717) is 12.2 Å². The van der Waals surface area contributed by atoms with Crippen LogP contribution in [0.15, 0.2) is 0 Å². The second kappa shape index (κ2) is 5.96. The molecule has 1 heterocycles. The summed E-state index contributed by atoms with van der Waals surface area (Å²) < 4.78 is 0. The van der Waals surface area contributed by atoms with Gasteiger partial charge in [-0.25, -0.2) is 4.98 Å². The zero-order chi connectivity index (χ0) is 12.1. The fourth-order valence-corrected chi connectivity index (χ4v) is 2.24. The third-order valence-corrected chi connectivity index (χ3v) is 3.07. The van der Waals surface area contributed by atoms with E-state index in [-0.39, 0.29) is 5.91 Å². The normalized spacial score (nSPS) is 10.8. The highest BCUT2D eigenvalue weighted by molar-refractivity contribution is 7.11. The highest BCUT2D eigenvalue weighted by Gasteiger charge is 2.12. The molecule has 16 heavy (non-hydrogen) atoms. The lowest BCUT2D eigenvalue weighted by atomic mass is 10.3. The summed E-state index contributed by atoms with van der Waals surface area (Å²) in [6.45, 7) is 5.53. The van der Waals surface area contributed by atoms with Crippen LogP contribution in [-0.4, -0.2) is 43.0 Å².